The second kappa shape index (κ2) is 11.4. The molecule has 1 saturated heterocycles. The number of phenols is 1. The largest absolute Gasteiger partial charge is 0.508 e. The number of fused-ring (bicyclic) bond motifs is 1. The normalized spacial score (nSPS) is 15.3. The van der Waals surface area contributed by atoms with Gasteiger partial charge < -0.3 is 24.4 Å². The number of piperidine rings is 1. The van der Waals surface area contributed by atoms with E-state index in [2.05, 4.69) is 4.90 Å². The molecule has 0 bridgehead atoms. The van der Waals surface area contributed by atoms with E-state index in [1.54, 1.807) is 26.4 Å². The Balaban J connectivity index is 1.66. The summed E-state index contributed by atoms with van der Waals surface area (Å²) in [5, 5.41) is 22.7. The molecule has 0 amide bonds. The third-order valence-electron chi connectivity index (χ3n) is 6.60. The molecule has 0 radical (unpaired) electrons. The number of methoxy groups -OCH3 is 2. The SMILES string of the molecule is COc1c(OCCN2CCCCC2)c(C(O)CCc2ccc(O)cc2)c(OC)c2ccccc12. The summed E-state index contributed by atoms with van der Waals surface area (Å²) in [5.74, 6) is 2.01. The highest BCUT2D eigenvalue weighted by atomic mass is 16.5. The molecule has 0 saturated carbocycles. The van der Waals surface area contributed by atoms with Crippen LogP contribution in [0.3, 0.4) is 0 Å². The molecule has 3 aromatic carbocycles. The first-order chi connectivity index (χ1) is 16.6. The Kier molecular flexibility index (Phi) is 8.14. The van der Waals surface area contributed by atoms with Crippen molar-refractivity contribution in [3.8, 4) is 23.0 Å². The van der Waals surface area contributed by atoms with Gasteiger partial charge in [0.15, 0.2) is 11.5 Å². The first kappa shape index (κ1) is 24.2. The number of hydrogen-bond donors (Lipinski definition) is 2. The van der Waals surface area contributed by atoms with Gasteiger partial charge in [-0.1, -0.05) is 42.8 Å². The molecule has 4 rings (SSSR count). The smallest absolute Gasteiger partial charge is 0.171 e. The maximum atomic E-state index is 11.4. The van der Waals surface area contributed by atoms with Crippen LogP contribution in [0.2, 0.25) is 0 Å². The van der Waals surface area contributed by atoms with Crippen LogP contribution in [0, 0.1) is 0 Å². The summed E-state index contributed by atoms with van der Waals surface area (Å²) in [6.45, 7) is 3.55. The van der Waals surface area contributed by atoms with Crippen LogP contribution in [-0.4, -0.2) is 55.6 Å². The molecule has 1 unspecified atom stereocenters. The fourth-order valence-electron chi connectivity index (χ4n) is 4.81. The van der Waals surface area contributed by atoms with Gasteiger partial charge in [0.1, 0.15) is 18.1 Å². The highest BCUT2D eigenvalue weighted by Gasteiger charge is 2.27. The van der Waals surface area contributed by atoms with Crippen LogP contribution in [-0.2, 0) is 6.42 Å². The Morgan fingerprint density at radius 3 is 2.15 bits per heavy atom. The molecule has 1 fully saturated rings. The summed E-state index contributed by atoms with van der Waals surface area (Å²) >= 11 is 0. The van der Waals surface area contributed by atoms with Crippen molar-refractivity contribution in [2.24, 2.45) is 0 Å². The number of nitrogens with zero attached hydrogens (tertiary/aromatic N) is 1. The quantitative estimate of drug-likeness (QED) is 0.434. The predicted molar refractivity (Wildman–Crippen MR) is 134 cm³/mol. The van der Waals surface area contributed by atoms with Crippen molar-refractivity contribution in [2.75, 3.05) is 40.5 Å². The van der Waals surface area contributed by atoms with Crippen molar-refractivity contribution in [2.45, 2.75) is 38.2 Å². The standard InChI is InChI=1S/C28H35NO5/c1-32-26-22-8-4-5-9-23(22)27(33-2)28(34-19-18-29-16-6-3-7-17-29)25(26)24(31)15-12-20-10-13-21(30)14-11-20/h4-5,8-11,13-14,24,30-31H,3,6-7,12,15-19H2,1-2H3. The molecule has 3 aromatic rings. The highest BCUT2D eigenvalue weighted by molar-refractivity contribution is 5.97. The Morgan fingerprint density at radius 1 is 0.853 bits per heavy atom. The molecular weight excluding hydrogens is 430 g/mol. The van der Waals surface area contributed by atoms with E-state index in [1.165, 1.54) is 19.3 Å². The minimum atomic E-state index is -0.813. The van der Waals surface area contributed by atoms with E-state index >= 15 is 0 Å². The third kappa shape index (κ3) is 5.40. The minimum Gasteiger partial charge on any atom is -0.508 e. The molecule has 1 aliphatic heterocycles. The van der Waals surface area contributed by atoms with E-state index in [4.69, 9.17) is 14.2 Å². The lowest BCUT2D eigenvalue weighted by Gasteiger charge is -2.27. The maximum absolute atomic E-state index is 11.4. The molecule has 0 spiro atoms. The van der Waals surface area contributed by atoms with Gasteiger partial charge in [-0.3, -0.25) is 4.90 Å². The van der Waals surface area contributed by atoms with Gasteiger partial charge in [-0.15, -0.1) is 0 Å². The molecule has 2 N–H and O–H groups in total. The van der Waals surface area contributed by atoms with Crippen molar-refractivity contribution in [3.63, 3.8) is 0 Å². The van der Waals surface area contributed by atoms with E-state index in [-0.39, 0.29) is 5.75 Å². The molecule has 1 aliphatic rings. The van der Waals surface area contributed by atoms with Crippen molar-refractivity contribution < 1.29 is 24.4 Å². The van der Waals surface area contributed by atoms with E-state index in [0.717, 1.165) is 36.0 Å². The second-order valence-electron chi connectivity index (χ2n) is 8.83. The van der Waals surface area contributed by atoms with E-state index in [0.29, 0.717) is 42.3 Å². The average Bonchev–Trinajstić information content (AvgIpc) is 2.88. The van der Waals surface area contributed by atoms with E-state index < -0.39 is 6.10 Å². The number of ether oxygens (including phenoxy) is 3. The van der Waals surface area contributed by atoms with Crippen molar-refractivity contribution in [1.29, 1.82) is 0 Å². The van der Waals surface area contributed by atoms with Crippen molar-refractivity contribution in [1.82, 2.24) is 4.90 Å². The number of rotatable bonds is 10. The van der Waals surface area contributed by atoms with Crippen LogP contribution >= 0.6 is 0 Å². The Labute approximate surface area is 201 Å². The molecule has 0 aromatic heterocycles. The van der Waals surface area contributed by atoms with Gasteiger partial charge in [0, 0.05) is 17.3 Å². The summed E-state index contributed by atoms with van der Waals surface area (Å²) < 4.78 is 18.0. The van der Waals surface area contributed by atoms with Crippen LogP contribution in [0.25, 0.3) is 10.8 Å². The number of likely N-dealkylation sites (tertiary alicyclic amines) is 1. The Bertz CT molecular complexity index is 1080. The lowest BCUT2D eigenvalue weighted by molar-refractivity contribution is 0.149. The minimum absolute atomic E-state index is 0.231. The lowest BCUT2D eigenvalue weighted by Crippen LogP contribution is -2.33. The van der Waals surface area contributed by atoms with Crippen LogP contribution < -0.4 is 14.2 Å². The number of phenolic OH excluding ortho intramolecular Hbond substituents is 1. The van der Waals surface area contributed by atoms with Gasteiger partial charge in [-0.25, -0.2) is 0 Å². The topological polar surface area (TPSA) is 71.4 Å². The van der Waals surface area contributed by atoms with Gasteiger partial charge in [0.2, 0.25) is 0 Å². The van der Waals surface area contributed by atoms with Crippen LogP contribution in [0.15, 0.2) is 48.5 Å². The van der Waals surface area contributed by atoms with Crippen LogP contribution in [0.5, 0.6) is 23.0 Å². The summed E-state index contributed by atoms with van der Waals surface area (Å²) in [7, 11) is 3.26. The Hall–Kier alpha value is -2.96. The van der Waals surface area contributed by atoms with Gasteiger partial charge in [-0.05, 0) is 56.5 Å². The van der Waals surface area contributed by atoms with Crippen molar-refractivity contribution >= 4 is 10.8 Å². The summed E-state index contributed by atoms with van der Waals surface area (Å²) in [5.41, 5.74) is 1.66. The first-order valence-corrected chi connectivity index (χ1v) is 12.1. The fourth-order valence-corrected chi connectivity index (χ4v) is 4.81. The van der Waals surface area contributed by atoms with Crippen LogP contribution in [0.1, 0.15) is 42.9 Å². The van der Waals surface area contributed by atoms with Gasteiger partial charge in [0.05, 0.1) is 25.9 Å². The number of aliphatic hydroxyl groups excluding tert-OH is 1. The molecule has 6 nitrogen and oxygen atoms in total. The van der Waals surface area contributed by atoms with Gasteiger partial charge >= 0.3 is 0 Å². The molecule has 0 aliphatic carbocycles. The molecule has 34 heavy (non-hydrogen) atoms. The summed E-state index contributed by atoms with van der Waals surface area (Å²) in [4.78, 5) is 2.43. The summed E-state index contributed by atoms with van der Waals surface area (Å²) in [6, 6.07) is 14.9. The zero-order valence-electron chi connectivity index (χ0n) is 20.1. The molecule has 6 heteroatoms. The van der Waals surface area contributed by atoms with Crippen molar-refractivity contribution in [3.05, 3.63) is 59.7 Å². The first-order valence-electron chi connectivity index (χ1n) is 12.1. The highest BCUT2D eigenvalue weighted by Crippen LogP contribution is 2.49. The van der Waals surface area contributed by atoms with Crippen LogP contribution in [0.4, 0.5) is 0 Å². The monoisotopic (exact) mass is 465 g/mol. The molecule has 1 atom stereocenters. The number of aromatic hydroxyl groups is 1. The second-order valence-corrected chi connectivity index (χ2v) is 8.83. The predicted octanol–water partition coefficient (Wildman–Crippen LogP) is 5.09. The molecular formula is C28H35NO5. The van der Waals surface area contributed by atoms with E-state index in [1.807, 2.05) is 36.4 Å². The lowest BCUT2D eigenvalue weighted by atomic mass is 9.95. The zero-order valence-corrected chi connectivity index (χ0v) is 20.1. The van der Waals surface area contributed by atoms with Gasteiger partial charge in [0.25, 0.3) is 0 Å². The number of benzene rings is 3. The molecule has 182 valence electrons. The summed E-state index contributed by atoms with van der Waals surface area (Å²) in [6.07, 6.45) is 4.07. The zero-order chi connectivity index (χ0) is 23.9. The maximum Gasteiger partial charge on any atom is 0.171 e. The van der Waals surface area contributed by atoms with Gasteiger partial charge in [-0.2, -0.15) is 0 Å². The number of hydrogen-bond acceptors (Lipinski definition) is 6. The fraction of sp³-hybridized carbons (Fsp3) is 0.429. The third-order valence-corrected chi connectivity index (χ3v) is 6.60. The number of aliphatic hydroxyl groups is 1. The average molecular weight is 466 g/mol. The van der Waals surface area contributed by atoms with E-state index in [9.17, 15) is 10.2 Å². The Morgan fingerprint density at radius 2 is 1.50 bits per heavy atom. The molecule has 1 heterocycles. The number of aryl methyl sites for hydroxylation is 1.